The summed E-state index contributed by atoms with van der Waals surface area (Å²) in [4.78, 5) is 7.04. The molecular weight excluding hydrogens is 266 g/mol. The summed E-state index contributed by atoms with van der Waals surface area (Å²) in [6, 6.07) is 3.88. The summed E-state index contributed by atoms with van der Waals surface area (Å²) in [6.45, 7) is 6.10. The SMILES string of the molecule is CCNc1ccc(Cl)c(CN2CCCSCC2)n1. The van der Waals surface area contributed by atoms with Crippen molar-refractivity contribution in [2.75, 3.05) is 36.5 Å². The summed E-state index contributed by atoms with van der Waals surface area (Å²) in [7, 11) is 0. The van der Waals surface area contributed by atoms with Gasteiger partial charge in [-0.05, 0) is 37.8 Å². The van der Waals surface area contributed by atoms with Crippen molar-refractivity contribution in [3.8, 4) is 0 Å². The third kappa shape index (κ3) is 4.04. The molecule has 1 N–H and O–H groups in total. The van der Waals surface area contributed by atoms with Crippen molar-refractivity contribution in [3.63, 3.8) is 0 Å². The van der Waals surface area contributed by atoms with Crippen molar-refractivity contribution in [2.45, 2.75) is 19.9 Å². The van der Waals surface area contributed by atoms with E-state index in [2.05, 4.69) is 22.1 Å². The highest BCUT2D eigenvalue weighted by Crippen LogP contribution is 2.20. The molecule has 0 aliphatic carbocycles. The van der Waals surface area contributed by atoms with Gasteiger partial charge < -0.3 is 5.32 Å². The number of rotatable bonds is 4. The van der Waals surface area contributed by atoms with E-state index in [1.54, 1.807) is 0 Å². The molecule has 1 aromatic heterocycles. The molecule has 5 heteroatoms. The van der Waals surface area contributed by atoms with Crippen LogP contribution in [-0.2, 0) is 6.54 Å². The molecule has 1 fully saturated rings. The molecule has 18 heavy (non-hydrogen) atoms. The van der Waals surface area contributed by atoms with Gasteiger partial charge in [0.1, 0.15) is 5.82 Å². The first-order valence-electron chi connectivity index (χ1n) is 6.49. The van der Waals surface area contributed by atoms with E-state index in [4.69, 9.17) is 11.6 Å². The van der Waals surface area contributed by atoms with Crippen molar-refractivity contribution >= 4 is 29.2 Å². The second-order valence-electron chi connectivity index (χ2n) is 4.40. The Bertz CT molecular complexity index is 378. The number of aromatic nitrogens is 1. The molecule has 0 aromatic carbocycles. The Morgan fingerprint density at radius 2 is 2.28 bits per heavy atom. The van der Waals surface area contributed by atoms with Crippen LogP contribution in [0.5, 0.6) is 0 Å². The number of anilines is 1. The smallest absolute Gasteiger partial charge is 0.126 e. The van der Waals surface area contributed by atoms with Crippen LogP contribution in [0.15, 0.2) is 12.1 Å². The van der Waals surface area contributed by atoms with Crippen molar-refractivity contribution < 1.29 is 0 Å². The van der Waals surface area contributed by atoms with E-state index in [0.29, 0.717) is 0 Å². The Kier molecular flexibility index (Phi) is 5.60. The summed E-state index contributed by atoms with van der Waals surface area (Å²) in [5.41, 5.74) is 0.988. The summed E-state index contributed by atoms with van der Waals surface area (Å²) in [5, 5.41) is 4.00. The lowest BCUT2D eigenvalue weighted by Gasteiger charge is -2.19. The molecule has 0 spiro atoms. The van der Waals surface area contributed by atoms with Crippen molar-refractivity contribution in [3.05, 3.63) is 22.8 Å². The van der Waals surface area contributed by atoms with Gasteiger partial charge in [0.15, 0.2) is 0 Å². The zero-order valence-corrected chi connectivity index (χ0v) is 12.4. The average molecular weight is 286 g/mol. The molecule has 0 radical (unpaired) electrons. The maximum absolute atomic E-state index is 6.23. The van der Waals surface area contributed by atoms with Gasteiger partial charge in [-0.3, -0.25) is 4.90 Å². The van der Waals surface area contributed by atoms with Crippen LogP contribution in [-0.4, -0.2) is 41.0 Å². The molecule has 0 atom stereocenters. The fourth-order valence-corrected chi connectivity index (χ4v) is 3.13. The van der Waals surface area contributed by atoms with E-state index in [9.17, 15) is 0 Å². The lowest BCUT2D eigenvalue weighted by molar-refractivity contribution is 0.284. The monoisotopic (exact) mass is 285 g/mol. The van der Waals surface area contributed by atoms with E-state index < -0.39 is 0 Å². The molecule has 0 saturated carbocycles. The molecule has 2 rings (SSSR count). The second kappa shape index (κ2) is 7.22. The van der Waals surface area contributed by atoms with Crippen LogP contribution in [0.3, 0.4) is 0 Å². The molecule has 0 bridgehead atoms. The van der Waals surface area contributed by atoms with Gasteiger partial charge in [0, 0.05) is 25.4 Å². The van der Waals surface area contributed by atoms with Gasteiger partial charge in [0.05, 0.1) is 10.7 Å². The molecule has 2 heterocycles. The molecule has 1 saturated heterocycles. The van der Waals surface area contributed by atoms with E-state index in [1.165, 1.54) is 17.9 Å². The first-order valence-corrected chi connectivity index (χ1v) is 8.02. The summed E-state index contributed by atoms with van der Waals surface area (Å²) >= 11 is 8.27. The number of hydrogen-bond acceptors (Lipinski definition) is 4. The predicted octanol–water partition coefficient (Wildman–Crippen LogP) is 3.11. The Balaban J connectivity index is 2.04. The number of hydrogen-bond donors (Lipinski definition) is 1. The zero-order chi connectivity index (χ0) is 12.8. The Hall–Kier alpha value is -0.450. The first kappa shape index (κ1) is 14.0. The highest BCUT2D eigenvalue weighted by Gasteiger charge is 2.12. The van der Waals surface area contributed by atoms with E-state index in [0.717, 1.165) is 42.7 Å². The quantitative estimate of drug-likeness (QED) is 0.920. The van der Waals surface area contributed by atoms with Crippen LogP contribution < -0.4 is 5.32 Å². The van der Waals surface area contributed by atoms with Crippen LogP contribution in [0, 0.1) is 0 Å². The number of nitrogens with one attached hydrogen (secondary N) is 1. The number of thioether (sulfide) groups is 1. The molecule has 0 amide bonds. The summed E-state index contributed by atoms with van der Waals surface area (Å²) in [6.07, 6.45) is 1.26. The van der Waals surface area contributed by atoms with Gasteiger partial charge in [0.25, 0.3) is 0 Å². The van der Waals surface area contributed by atoms with Crippen molar-refractivity contribution in [2.24, 2.45) is 0 Å². The largest absolute Gasteiger partial charge is 0.370 e. The maximum Gasteiger partial charge on any atom is 0.126 e. The standard InChI is InChI=1S/C13H20ClN3S/c1-2-15-13-5-4-11(14)12(16-13)10-17-6-3-8-18-9-7-17/h4-5H,2-3,6-10H2,1H3,(H,15,16). The van der Waals surface area contributed by atoms with Gasteiger partial charge in [-0.15, -0.1) is 0 Å². The van der Waals surface area contributed by atoms with Crippen LogP contribution in [0.1, 0.15) is 19.0 Å². The van der Waals surface area contributed by atoms with Crippen LogP contribution in [0.2, 0.25) is 5.02 Å². The van der Waals surface area contributed by atoms with E-state index >= 15 is 0 Å². The molecule has 1 aromatic rings. The fourth-order valence-electron chi connectivity index (χ4n) is 2.04. The Labute approximate surface area is 118 Å². The molecular formula is C13H20ClN3S. The van der Waals surface area contributed by atoms with Gasteiger partial charge in [-0.25, -0.2) is 4.98 Å². The van der Waals surface area contributed by atoms with Crippen molar-refractivity contribution in [1.29, 1.82) is 0 Å². The summed E-state index contributed by atoms with van der Waals surface area (Å²) < 4.78 is 0. The molecule has 1 aliphatic rings. The van der Waals surface area contributed by atoms with Crippen molar-refractivity contribution in [1.82, 2.24) is 9.88 Å². The number of pyridine rings is 1. The van der Waals surface area contributed by atoms with E-state index in [-0.39, 0.29) is 0 Å². The number of halogens is 1. The highest BCUT2D eigenvalue weighted by molar-refractivity contribution is 7.99. The first-order chi connectivity index (χ1) is 8.79. The zero-order valence-electron chi connectivity index (χ0n) is 10.8. The van der Waals surface area contributed by atoms with Gasteiger partial charge in [-0.2, -0.15) is 11.8 Å². The number of nitrogens with zero attached hydrogens (tertiary/aromatic N) is 2. The van der Waals surface area contributed by atoms with Crippen LogP contribution in [0.25, 0.3) is 0 Å². The molecule has 100 valence electrons. The third-order valence-electron chi connectivity index (χ3n) is 2.96. The minimum Gasteiger partial charge on any atom is -0.370 e. The van der Waals surface area contributed by atoms with Crippen LogP contribution >= 0.6 is 23.4 Å². The lowest BCUT2D eigenvalue weighted by atomic mass is 10.3. The average Bonchev–Trinajstić information content (AvgIpc) is 2.62. The molecule has 1 aliphatic heterocycles. The van der Waals surface area contributed by atoms with Gasteiger partial charge >= 0.3 is 0 Å². The minimum absolute atomic E-state index is 0.772. The van der Waals surface area contributed by atoms with E-state index in [1.807, 2.05) is 23.9 Å². The Morgan fingerprint density at radius 1 is 1.39 bits per heavy atom. The van der Waals surface area contributed by atoms with Gasteiger partial charge in [0.2, 0.25) is 0 Å². The molecule has 0 unspecified atom stereocenters. The lowest BCUT2D eigenvalue weighted by Crippen LogP contribution is -2.26. The van der Waals surface area contributed by atoms with Gasteiger partial charge in [-0.1, -0.05) is 11.6 Å². The predicted molar refractivity (Wildman–Crippen MR) is 80.6 cm³/mol. The summed E-state index contributed by atoms with van der Waals surface area (Å²) in [5.74, 6) is 3.40. The minimum atomic E-state index is 0.772. The molecule has 3 nitrogen and oxygen atoms in total. The fraction of sp³-hybridized carbons (Fsp3) is 0.615. The third-order valence-corrected chi connectivity index (χ3v) is 4.36. The highest BCUT2D eigenvalue weighted by atomic mass is 35.5. The van der Waals surface area contributed by atoms with Crippen LogP contribution in [0.4, 0.5) is 5.82 Å². The topological polar surface area (TPSA) is 28.2 Å². The Morgan fingerprint density at radius 3 is 3.11 bits per heavy atom. The normalized spacial score (nSPS) is 17.4. The maximum atomic E-state index is 6.23. The second-order valence-corrected chi connectivity index (χ2v) is 6.03.